The molecule has 0 aromatic heterocycles. The molecule has 0 saturated heterocycles. The third kappa shape index (κ3) is 4.14. The highest BCUT2D eigenvalue weighted by atomic mass is 16.5. The average molecular weight is 276 g/mol. The molecule has 0 spiro atoms. The lowest BCUT2D eigenvalue weighted by Crippen LogP contribution is -2.34. The number of likely N-dealkylation sites (N-methyl/N-ethyl adjacent to an activating group) is 1. The normalized spacial score (nSPS) is 16.6. The summed E-state index contributed by atoms with van der Waals surface area (Å²) >= 11 is 0. The van der Waals surface area contributed by atoms with Crippen LogP contribution in [0.5, 0.6) is 5.75 Å². The van der Waals surface area contributed by atoms with E-state index in [1.807, 2.05) is 13.0 Å². The van der Waals surface area contributed by atoms with Gasteiger partial charge in [-0.05, 0) is 50.9 Å². The molecule has 1 aliphatic carbocycles. The first kappa shape index (κ1) is 15.2. The minimum absolute atomic E-state index is 0.661. The van der Waals surface area contributed by atoms with E-state index in [4.69, 9.17) is 10.5 Å². The molecule has 0 radical (unpaired) electrons. The summed E-state index contributed by atoms with van der Waals surface area (Å²) in [7, 11) is 2.26. The highest BCUT2D eigenvalue weighted by Gasteiger charge is 2.17. The fraction of sp³-hybridized carbons (Fsp3) is 0.647. The fourth-order valence-electron chi connectivity index (χ4n) is 3.05. The first-order chi connectivity index (χ1) is 9.70. The van der Waals surface area contributed by atoms with E-state index in [-0.39, 0.29) is 0 Å². The molecule has 112 valence electrons. The molecule has 0 amide bonds. The maximum Gasteiger partial charge on any atom is 0.142 e. The van der Waals surface area contributed by atoms with Gasteiger partial charge in [-0.2, -0.15) is 0 Å². The maximum atomic E-state index is 6.02. The minimum atomic E-state index is 0.661. The van der Waals surface area contributed by atoms with Crippen molar-refractivity contribution in [2.24, 2.45) is 0 Å². The molecule has 0 unspecified atom stereocenters. The molecular formula is C17H28N2O. The number of nitrogen functional groups attached to an aromatic ring is 1. The van der Waals surface area contributed by atoms with E-state index in [0.29, 0.717) is 6.61 Å². The fourth-order valence-corrected chi connectivity index (χ4v) is 3.05. The van der Waals surface area contributed by atoms with Crippen molar-refractivity contribution in [1.29, 1.82) is 0 Å². The van der Waals surface area contributed by atoms with Gasteiger partial charge in [0.15, 0.2) is 0 Å². The number of nitrogens with two attached hydrogens (primary N) is 1. The van der Waals surface area contributed by atoms with Gasteiger partial charge in [-0.1, -0.05) is 25.3 Å². The van der Waals surface area contributed by atoms with Gasteiger partial charge in [0.1, 0.15) is 5.75 Å². The van der Waals surface area contributed by atoms with Crippen LogP contribution in [-0.4, -0.2) is 31.1 Å². The van der Waals surface area contributed by atoms with E-state index >= 15 is 0 Å². The summed E-state index contributed by atoms with van der Waals surface area (Å²) in [6.07, 6.45) is 7.99. The Balaban J connectivity index is 1.85. The van der Waals surface area contributed by atoms with E-state index in [1.54, 1.807) is 0 Å². The van der Waals surface area contributed by atoms with Gasteiger partial charge in [0.25, 0.3) is 0 Å². The second-order valence-electron chi connectivity index (χ2n) is 5.83. The van der Waals surface area contributed by atoms with Gasteiger partial charge in [0.05, 0.1) is 12.3 Å². The molecule has 1 aliphatic rings. The smallest absolute Gasteiger partial charge is 0.142 e. The number of nitrogens with zero attached hydrogens (tertiary/aromatic N) is 1. The van der Waals surface area contributed by atoms with Gasteiger partial charge in [-0.25, -0.2) is 0 Å². The first-order valence-corrected chi connectivity index (χ1v) is 7.92. The van der Waals surface area contributed by atoms with Crippen molar-refractivity contribution in [1.82, 2.24) is 4.90 Å². The van der Waals surface area contributed by atoms with Crippen LogP contribution in [0.1, 0.15) is 44.6 Å². The molecule has 0 atom stereocenters. The van der Waals surface area contributed by atoms with Crippen LogP contribution < -0.4 is 10.5 Å². The van der Waals surface area contributed by atoms with Gasteiger partial charge in [0.2, 0.25) is 0 Å². The lowest BCUT2D eigenvalue weighted by Gasteiger charge is -2.31. The highest BCUT2D eigenvalue weighted by Crippen LogP contribution is 2.24. The van der Waals surface area contributed by atoms with Gasteiger partial charge < -0.3 is 15.4 Å². The molecule has 1 saturated carbocycles. The van der Waals surface area contributed by atoms with Crippen molar-refractivity contribution < 1.29 is 4.74 Å². The predicted octanol–water partition coefficient (Wildman–Crippen LogP) is 3.47. The molecular weight excluding hydrogens is 248 g/mol. The Morgan fingerprint density at radius 3 is 2.65 bits per heavy atom. The largest absolute Gasteiger partial charge is 0.492 e. The summed E-state index contributed by atoms with van der Waals surface area (Å²) in [5.74, 6) is 0.803. The van der Waals surface area contributed by atoms with Crippen molar-refractivity contribution in [3.63, 3.8) is 0 Å². The van der Waals surface area contributed by atoms with Crippen LogP contribution in [0.15, 0.2) is 18.2 Å². The van der Waals surface area contributed by atoms with Crippen LogP contribution in [0.4, 0.5) is 5.69 Å². The monoisotopic (exact) mass is 276 g/mol. The summed E-state index contributed by atoms with van der Waals surface area (Å²) < 4.78 is 5.48. The van der Waals surface area contributed by atoms with Crippen molar-refractivity contribution in [3.05, 3.63) is 23.8 Å². The van der Waals surface area contributed by atoms with Crippen molar-refractivity contribution in [2.75, 3.05) is 25.9 Å². The third-order valence-electron chi connectivity index (χ3n) is 4.33. The number of benzene rings is 1. The molecule has 3 nitrogen and oxygen atoms in total. The number of ether oxygens (including phenoxy) is 1. The third-order valence-corrected chi connectivity index (χ3v) is 4.33. The molecule has 0 heterocycles. The summed E-state index contributed by atoms with van der Waals surface area (Å²) in [6, 6.07) is 6.97. The summed E-state index contributed by atoms with van der Waals surface area (Å²) in [5.41, 5.74) is 8.07. The summed E-state index contributed by atoms with van der Waals surface area (Å²) in [5, 5.41) is 0. The van der Waals surface area contributed by atoms with E-state index in [2.05, 4.69) is 24.1 Å². The van der Waals surface area contributed by atoms with Gasteiger partial charge in [-0.15, -0.1) is 0 Å². The van der Waals surface area contributed by atoms with Crippen LogP contribution in [0.25, 0.3) is 0 Å². The molecule has 0 aliphatic heterocycles. The number of hydrogen-bond acceptors (Lipinski definition) is 3. The van der Waals surface area contributed by atoms with Crippen molar-refractivity contribution >= 4 is 5.69 Å². The molecule has 2 N–H and O–H groups in total. The average Bonchev–Trinajstić information content (AvgIpc) is 2.48. The summed E-state index contributed by atoms with van der Waals surface area (Å²) in [6.45, 7) is 3.75. The Morgan fingerprint density at radius 2 is 2.00 bits per heavy atom. The Bertz CT molecular complexity index is 413. The van der Waals surface area contributed by atoms with Crippen LogP contribution in [0.3, 0.4) is 0 Å². The van der Waals surface area contributed by atoms with Crippen molar-refractivity contribution in [3.8, 4) is 5.75 Å². The molecule has 1 aromatic rings. The highest BCUT2D eigenvalue weighted by molar-refractivity contribution is 5.54. The quantitative estimate of drug-likeness (QED) is 0.809. The zero-order valence-corrected chi connectivity index (χ0v) is 12.9. The Hall–Kier alpha value is -1.22. The summed E-state index contributed by atoms with van der Waals surface area (Å²) in [4.78, 5) is 2.52. The molecule has 0 bridgehead atoms. The van der Waals surface area contributed by atoms with E-state index in [1.165, 1.54) is 37.7 Å². The van der Waals surface area contributed by atoms with Crippen LogP contribution in [-0.2, 0) is 6.42 Å². The van der Waals surface area contributed by atoms with Crippen molar-refractivity contribution in [2.45, 2.75) is 51.5 Å². The maximum absolute atomic E-state index is 6.02. The first-order valence-electron chi connectivity index (χ1n) is 7.92. The van der Waals surface area contributed by atoms with Gasteiger partial charge >= 0.3 is 0 Å². The van der Waals surface area contributed by atoms with Crippen LogP contribution in [0, 0.1) is 0 Å². The number of rotatable bonds is 6. The second-order valence-corrected chi connectivity index (χ2v) is 5.83. The second kappa shape index (κ2) is 7.53. The van der Waals surface area contributed by atoms with E-state index < -0.39 is 0 Å². The standard InChI is InChI=1S/C17H28N2O/c1-3-20-17-10-9-14(13-16(17)18)11-12-19(2)15-7-5-4-6-8-15/h9-10,13,15H,3-8,11-12,18H2,1-2H3. The Morgan fingerprint density at radius 1 is 1.25 bits per heavy atom. The number of anilines is 1. The Labute approximate surface area is 123 Å². The van der Waals surface area contributed by atoms with Gasteiger partial charge in [-0.3, -0.25) is 0 Å². The van der Waals surface area contributed by atoms with Crippen LogP contribution >= 0.6 is 0 Å². The lowest BCUT2D eigenvalue weighted by atomic mass is 9.94. The molecule has 1 aromatic carbocycles. The molecule has 2 rings (SSSR count). The van der Waals surface area contributed by atoms with Crippen LogP contribution in [0.2, 0.25) is 0 Å². The van der Waals surface area contributed by atoms with E-state index in [0.717, 1.165) is 30.4 Å². The Kier molecular flexibility index (Phi) is 5.72. The topological polar surface area (TPSA) is 38.5 Å². The molecule has 1 fully saturated rings. The lowest BCUT2D eigenvalue weighted by molar-refractivity contribution is 0.194. The predicted molar refractivity (Wildman–Crippen MR) is 85.2 cm³/mol. The molecule has 3 heteroatoms. The van der Waals surface area contributed by atoms with E-state index in [9.17, 15) is 0 Å². The molecule has 20 heavy (non-hydrogen) atoms. The minimum Gasteiger partial charge on any atom is -0.492 e. The van der Waals surface area contributed by atoms with Gasteiger partial charge in [0, 0.05) is 12.6 Å². The number of hydrogen-bond donors (Lipinski definition) is 1. The SMILES string of the molecule is CCOc1ccc(CCN(C)C2CCCCC2)cc1N. The zero-order valence-electron chi connectivity index (χ0n) is 12.9. The zero-order chi connectivity index (χ0) is 14.4.